The van der Waals surface area contributed by atoms with E-state index >= 15 is 0 Å². The number of hydrogen-bond donors (Lipinski definition) is 0. The zero-order valence-corrected chi connectivity index (χ0v) is 9.21. The zero-order chi connectivity index (χ0) is 9.73. The van der Waals surface area contributed by atoms with Gasteiger partial charge < -0.3 is 4.90 Å². The van der Waals surface area contributed by atoms with E-state index in [1.165, 1.54) is 38.8 Å². The summed E-state index contributed by atoms with van der Waals surface area (Å²) in [5.41, 5.74) is 0.0757. The first-order valence-corrected chi connectivity index (χ1v) is 5.37. The van der Waals surface area contributed by atoms with Crippen molar-refractivity contribution in [3.63, 3.8) is 0 Å². The van der Waals surface area contributed by atoms with Crippen LogP contribution in [-0.2, 0) is 0 Å². The molecule has 0 bridgehead atoms. The minimum Gasteiger partial charge on any atom is -0.363 e. The Morgan fingerprint density at radius 2 is 1.54 bits per heavy atom. The van der Waals surface area contributed by atoms with Gasteiger partial charge in [-0.1, -0.05) is 12.8 Å². The first-order chi connectivity index (χ1) is 6.08. The molecular formula is C11H22N2. The summed E-state index contributed by atoms with van der Waals surface area (Å²) >= 11 is 0. The van der Waals surface area contributed by atoms with Crippen LogP contribution in [0, 0.1) is 0 Å². The third-order valence-electron chi connectivity index (χ3n) is 2.25. The van der Waals surface area contributed by atoms with Gasteiger partial charge in [0.2, 0.25) is 0 Å². The molecule has 0 aromatic heterocycles. The molecule has 0 saturated carbocycles. The molecule has 0 atom stereocenters. The standard InChI is InChI=1S/C11H22N2/c1-11(2,3)12-10-13-8-6-4-5-7-9-13/h10H,4-9H2,1-3H3. The van der Waals surface area contributed by atoms with Crippen molar-refractivity contribution in [2.75, 3.05) is 13.1 Å². The highest BCUT2D eigenvalue weighted by atomic mass is 15.2. The molecule has 13 heavy (non-hydrogen) atoms. The summed E-state index contributed by atoms with van der Waals surface area (Å²) in [6.45, 7) is 8.81. The Kier molecular flexibility index (Phi) is 3.76. The Morgan fingerprint density at radius 3 is 2.00 bits per heavy atom. The maximum Gasteiger partial charge on any atom is 0.0856 e. The smallest absolute Gasteiger partial charge is 0.0856 e. The minimum atomic E-state index is 0.0757. The highest BCUT2D eigenvalue weighted by molar-refractivity contribution is 5.55. The summed E-state index contributed by atoms with van der Waals surface area (Å²) in [5.74, 6) is 0. The molecule has 0 N–H and O–H groups in total. The molecule has 0 aliphatic carbocycles. The molecule has 1 aliphatic rings. The Morgan fingerprint density at radius 1 is 1.00 bits per heavy atom. The predicted octanol–water partition coefficient (Wildman–Crippen LogP) is 2.69. The van der Waals surface area contributed by atoms with E-state index in [-0.39, 0.29) is 5.54 Å². The fourth-order valence-electron chi connectivity index (χ4n) is 1.47. The van der Waals surface area contributed by atoms with Crippen LogP contribution in [-0.4, -0.2) is 29.9 Å². The van der Waals surface area contributed by atoms with Crippen molar-refractivity contribution in [1.29, 1.82) is 0 Å². The number of rotatable bonds is 1. The lowest BCUT2D eigenvalue weighted by Crippen LogP contribution is -2.25. The largest absolute Gasteiger partial charge is 0.363 e. The lowest BCUT2D eigenvalue weighted by Gasteiger charge is -2.19. The van der Waals surface area contributed by atoms with Gasteiger partial charge in [-0.25, -0.2) is 0 Å². The van der Waals surface area contributed by atoms with Crippen molar-refractivity contribution in [3.05, 3.63) is 0 Å². The lowest BCUT2D eigenvalue weighted by molar-refractivity contribution is 0.438. The summed E-state index contributed by atoms with van der Waals surface area (Å²) in [7, 11) is 0. The van der Waals surface area contributed by atoms with Gasteiger partial charge in [-0.15, -0.1) is 0 Å². The van der Waals surface area contributed by atoms with Crippen LogP contribution in [0.5, 0.6) is 0 Å². The molecule has 2 nitrogen and oxygen atoms in total. The van der Waals surface area contributed by atoms with Crippen molar-refractivity contribution in [2.45, 2.75) is 52.0 Å². The van der Waals surface area contributed by atoms with Crippen LogP contribution in [0.15, 0.2) is 4.99 Å². The Hall–Kier alpha value is -0.530. The second kappa shape index (κ2) is 4.64. The van der Waals surface area contributed by atoms with Gasteiger partial charge in [0.15, 0.2) is 0 Å². The van der Waals surface area contributed by atoms with Crippen molar-refractivity contribution in [1.82, 2.24) is 4.90 Å². The first-order valence-electron chi connectivity index (χ1n) is 5.37. The highest BCUT2D eigenvalue weighted by Crippen LogP contribution is 2.10. The summed E-state index contributed by atoms with van der Waals surface area (Å²) in [4.78, 5) is 6.88. The molecule has 0 spiro atoms. The molecule has 0 radical (unpaired) electrons. The van der Waals surface area contributed by atoms with Crippen LogP contribution in [0.1, 0.15) is 46.5 Å². The molecule has 0 unspecified atom stereocenters. The summed E-state index contributed by atoms with van der Waals surface area (Å²) in [6.07, 6.45) is 7.48. The average Bonchev–Trinajstić information content (AvgIpc) is 2.26. The normalized spacial score (nSPS) is 20.7. The third kappa shape index (κ3) is 4.91. The van der Waals surface area contributed by atoms with Gasteiger partial charge in [0.25, 0.3) is 0 Å². The number of aliphatic imine (C=N–C) groups is 1. The van der Waals surface area contributed by atoms with Crippen LogP contribution in [0.2, 0.25) is 0 Å². The van der Waals surface area contributed by atoms with Crippen molar-refractivity contribution in [2.24, 2.45) is 4.99 Å². The van der Waals surface area contributed by atoms with Crippen molar-refractivity contribution in [3.8, 4) is 0 Å². The van der Waals surface area contributed by atoms with Gasteiger partial charge in [0, 0.05) is 13.1 Å². The molecule has 1 fully saturated rings. The topological polar surface area (TPSA) is 15.6 Å². The fourth-order valence-corrected chi connectivity index (χ4v) is 1.47. The Balaban J connectivity index is 2.38. The van der Waals surface area contributed by atoms with Gasteiger partial charge in [-0.05, 0) is 33.6 Å². The van der Waals surface area contributed by atoms with Crippen molar-refractivity contribution >= 4 is 6.34 Å². The van der Waals surface area contributed by atoms with Crippen LogP contribution < -0.4 is 0 Å². The van der Waals surface area contributed by atoms with Gasteiger partial charge in [-0.2, -0.15) is 0 Å². The molecule has 0 aromatic rings. The number of nitrogens with zero attached hydrogens (tertiary/aromatic N) is 2. The lowest BCUT2D eigenvalue weighted by atomic mass is 10.1. The SMILES string of the molecule is CC(C)(C)N=CN1CCCCCC1. The van der Waals surface area contributed by atoms with E-state index in [4.69, 9.17) is 0 Å². The van der Waals surface area contributed by atoms with Gasteiger partial charge in [-0.3, -0.25) is 4.99 Å². The number of hydrogen-bond acceptors (Lipinski definition) is 1. The number of likely N-dealkylation sites (tertiary alicyclic amines) is 1. The van der Waals surface area contributed by atoms with Crippen LogP contribution in [0.3, 0.4) is 0 Å². The second-order valence-electron chi connectivity index (χ2n) is 4.87. The second-order valence-corrected chi connectivity index (χ2v) is 4.87. The molecule has 2 heteroatoms. The monoisotopic (exact) mass is 182 g/mol. The van der Waals surface area contributed by atoms with Crippen LogP contribution in [0.4, 0.5) is 0 Å². The quantitative estimate of drug-likeness (QED) is 0.449. The van der Waals surface area contributed by atoms with E-state index in [1.807, 2.05) is 6.34 Å². The van der Waals surface area contributed by atoms with Gasteiger partial charge >= 0.3 is 0 Å². The molecule has 1 rings (SSSR count). The molecule has 1 aliphatic heterocycles. The van der Waals surface area contributed by atoms with Crippen LogP contribution in [0.25, 0.3) is 0 Å². The van der Waals surface area contributed by atoms with E-state index in [0.717, 1.165) is 0 Å². The summed E-state index contributed by atoms with van der Waals surface area (Å²) < 4.78 is 0. The van der Waals surface area contributed by atoms with E-state index in [1.54, 1.807) is 0 Å². The van der Waals surface area contributed by atoms with E-state index in [9.17, 15) is 0 Å². The Bertz CT molecular complexity index is 159. The first kappa shape index (κ1) is 10.6. The molecule has 1 heterocycles. The Labute approximate surface area is 82.0 Å². The average molecular weight is 182 g/mol. The summed E-state index contributed by atoms with van der Waals surface area (Å²) in [6, 6.07) is 0. The van der Waals surface area contributed by atoms with E-state index in [2.05, 4.69) is 30.7 Å². The molecule has 0 aromatic carbocycles. The van der Waals surface area contributed by atoms with Crippen molar-refractivity contribution < 1.29 is 0 Å². The van der Waals surface area contributed by atoms with E-state index < -0.39 is 0 Å². The molecule has 76 valence electrons. The van der Waals surface area contributed by atoms with Gasteiger partial charge in [0.1, 0.15) is 0 Å². The molecular weight excluding hydrogens is 160 g/mol. The fraction of sp³-hybridized carbons (Fsp3) is 0.909. The maximum absolute atomic E-state index is 4.52. The molecule has 0 amide bonds. The minimum absolute atomic E-state index is 0.0757. The highest BCUT2D eigenvalue weighted by Gasteiger charge is 2.08. The van der Waals surface area contributed by atoms with Crippen LogP contribution >= 0.6 is 0 Å². The van der Waals surface area contributed by atoms with E-state index in [0.29, 0.717) is 0 Å². The predicted molar refractivity (Wildman–Crippen MR) is 58.3 cm³/mol. The third-order valence-corrected chi connectivity index (χ3v) is 2.25. The zero-order valence-electron chi connectivity index (χ0n) is 9.21. The van der Waals surface area contributed by atoms with Gasteiger partial charge in [0.05, 0.1) is 11.9 Å². The molecule has 1 saturated heterocycles. The summed E-state index contributed by atoms with van der Waals surface area (Å²) in [5, 5.41) is 0. The maximum atomic E-state index is 4.52.